The molecule has 3 aromatic carbocycles. The summed E-state index contributed by atoms with van der Waals surface area (Å²) in [5.74, 6) is 0.128. The lowest BCUT2D eigenvalue weighted by atomic mass is 10.1. The molecule has 0 atom stereocenters. The maximum atomic E-state index is 12.7. The number of oxazole rings is 1. The molecule has 7 heteroatoms. The van der Waals surface area contributed by atoms with Crippen LogP contribution >= 0.6 is 0 Å². The van der Waals surface area contributed by atoms with Gasteiger partial charge < -0.3 is 9.73 Å². The van der Waals surface area contributed by atoms with Gasteiger partial charge in [-0.15, -0.1) is 0 Å². The summed E-state index contributed by atoms with van der Waals surface area (Å²) in [5.41, 5.74) is 6.76. The molecule has 0 saturated carbocycles. The topological polar surface area (TPSA) is 98.3 Å². The van der Waals surface area contributed by atoms with Crippen molar-refractivity contribution in [3.8, 4) is 11.5 Å². The molecule has 156 valence electrons. The van der Waals surface area contributed by atoms with Gasteiger partial charge in [0, 0.05) is 28.4 Å². The van der Waals surface area contributed by atoms with E-state index >= 15 is 0 Å². The molecule has 0 spiro atoms. The van der Waals surface area contributed by atoms with Crippen molar-refractivity contribution in [2.24, 2.45) is 0 Å². The Hall–Kier alpha value is -4.00. The number of amides is 1. The number of rotatable bonds is 4. The summed E-state index contributed by atoms with van der Waals surface area (Å²) >= 11 is 0. The summed E-state index contributed by atoms with van der Waals surface area (Å²) in [5, 5.41) is 13.9. The van der Waals surface area contributed by atoms with Gasteiger partial charge in [0.2, 0.25) is 5.89 Å². The van der Waals surface area contributed by atoms with Crippen LogP contribution in [0.25, 0.3) is 22.6 Å². The van der Waals surface area contributed by atoms with Crippen LogP contribution in [-0.4, -0.2) is 15.8 Å². The van der Waals surface area contributed by atoms with Crippen molar-refractivity contribution in [3.63, 3.8) is 0 Å². The lowest BCUT2D eigenvalue weighted by Crippen LogP contribution is -2.13. The monoisotopic (exact) mass is 415 g/mol. The van der Waals surface area contributed by atoms with E-state index in [0.29, 0.717) is 28.3 Å². The SMILES string of the molecule is Cc1cc2nc(-c3ccc(C)c(NC(=O)c4ccc([N+](=O)[O-])c(C)c4)c3)oc2cc1C. The van der Waals surface area contributed by atoms with Gasteiger partial charge in [0.1, 0.15) is 5.52 Å². The Morgan fingerprint density at radius 2 is 1.68 bits per heavy atom. The highest BCUT2D eigenvalue weighted by molar-refractivity contribution is 6.05. The van der Waals surface area contributed by atoms with Gasteiger partial charge in [-0.2, -0.15) is 0 Å². The van der Waals surface area contributed by atoms with Gasteiger partial charge in [-0.25, -0.2) is 4.98 Å². The van der Waals surface area contributed by atoms with E-state index in [4.69, 9.17) is 4.42 Å². The third-order valence-corrected chi connectivity index (χ3v) is 5.39. The van der Waals surface area contributed by atoms with Crippen LogP contribution in [0.5, 0.6) is 0 Å². The summed E-state index contributed by atoms with van der Waals surface area (Å²) in [7, 11) is 0. The molecule has 0 aliphatic rings. The normalized spacial score (nSPS) is 11.0. The van der Waals surface area contributed by atoms with Crippen LogP contribution in [0.2, 0.25) is 0 Å². The molecule has 31 heavy (non-hydrogen) atoms. The molecule has 1 N–H and O–H groups in total. The number of fused-ring (bicyclic) bond motifs is 1. The van der Waals surface area contributed by atoms with Gasteiger partial charge in [-0.05, 0) is 80.8 Å². The molecule has 1 heterocycles. The number of carbonyl (C=O) groups is 1. The number of anilines is 1. The number of hydrogen-bond donors (Lipinski definition) is 1. The number of aryl methyl sites for hydroxylation is 4. The van der Waals surface area contributed by atoms with Crippen molar-refractivity contribution in [1.82, 2.24) is 4.98 Å². The smallest absolute Gasteiger partial charge is 0.272 e. The second-order valence-electron chi connectivity index (χ2n) is 7.67. The first-order chi connectivity index (χ1) is 14.7. The minimum atomic E-state index is -0.464. The molecular weight excluding hydrogens is 394 g/mol. The number of nitrogens with one attached hydrogen (secondary N) is 1. The van der Waals surface area contributed by atoms with Gasteiger partial charge in [-0.1, -0.05) is 6.07 Å². The fraction of sp³-hybridized carbons (Fsp3) is 0.167. The Balaban J connectivity index is 1.65. The van der Waals surface area contributed by atoms with Crippen molar-refractivity contribution in [1.29, 1.82) is 0 Å². The Bertz CT molecular complexity index is 1320. The zero-order valence-electron chi connectivity index (χ0n) is 17.6. The second-order valence-corrected chi connectivity index (χ2v) is 7.67. The summed E-state index contributed by atoms with van der Waals surface area (Å²) in [6.45, 7) is 7.55. The lowest BCUT2D eigenvalue weighted by molar-refractivity contribution is -0.385. The second kappa shape index (κ2) is 7.68. The largest absolute Gasteiger partial charge is 0.436 e. The molecule has 0 aliphatic carbocycles. The maximum absolute atomic E-state index is 12.7. The number of aromatic nitrogens is 1. The number of nitro groups is 1. The molecule has 0 unspecified atom stereocenters. The number of nitro benzene ring substituents is 1. The van der Waals surface area contributed by atoms with Gasteiger partial charge in [0.05, 0.1) is 4.92 Å². The van der Waals surface area contributed by atoms with E-state index in [2.05, 4.69) is 10.3 Å². The Kier molecular flexibility index (Phi) is 5.02. The molecule has 7 nitrogen and oxygen atoms in total. The lowest BCUT2D eigenvalue weighted by Gasteiger charge is -2.10. The van der Waals surface area contributed by atoms with Crippen molar-refractivity contribution in [3.05, 3.63) is 86.5 Å². The van der Waals surface area contributed by atoms with Crippen molar-refractivity contribution < 1.29 is 14.1 Å². The number of hydrogen-bond acceptors (Lipinski definition) is 5. The summed E-state index contributed by atoms with van der Waals surface area (Å²) in [6.07, 6.45) is 0. The third kappa shape index (κ3) is 3.90. The Morgan fingerprint density at radius 3 is 2.39 bits per heavy atom. The van der Waals surface area contributed by atoms with E-state index in [1.165, 1.54) is 18.2 Å². The number of carbonyl (C=O) groups excluding carboxylic acids is 1. The van der Waals surface area contributed by atoms with Crippen LogP contribution in [0.4, 0.5) is 11.4 Å². The first-order valence-corrected chi connectivity index (χ1v) is 9.78. The highest BCUT2D eigenvalue weighted by Crippen LogP contribution is 2.29. The molecular formula is C24H21N3O4. The van der Waals surface area contributed by atoms with Gasteiger partial charge in [0.15, 0.2) is 5.58 Å². The van der Waals surface area contributed by atoms with Crippen molar-refractivity contribution in [2.45, 2.75) is 27.7 Å². The van der Waals surface area contributed by atoms with E-state index in [-0.39, 0.29) is 11.6 Å². The minimum Gasteiger partial charge on any atom is -0.436 e. The molecule has 1 aromatic heterocycles. The van der Waals surface area contributed by atoms with Crippen molar-refractivity contribution >= 4 is 28.4 Å². The zero-order chi connectivity index (χ0) is 22.3. The highest BCUT2D eigenvalue weighted by atomic mass is 16.6. The van der Waals surface area contributed by atoms with Crippen LogP contribution in [-0.2, 0) is 0 Å². The van der Waals surface area contributed by atoms with E-state index in [1.54, 1.807) is 6.92 Å². The van der Waals surface area contributed by atoms with Crippen LogP contribution in [0.3, 0.4) is 0 Å². The fourth-order valence-corrected chi connectivity index (χ4v) is 3.39. The van der Waals surface area contributed by atoms with Gasteiger partial charge in [0.25, 0.3) is 11.6 Å². The van der Waals surface area contributed by atoms with Crippen LogP contribution in [0, 0.1) is 37.8 Å². The average Bonchev–Trinajstić information content (AvgIpc) is 3.12. The number of nitrogens with zero attached hydrogens (tertiary/aromatic N) is 2. The van der Waals surface area contributed by atoms with E-state index < -0.39 is 4.92 Å². The third-order valence-electron chi connectivity index (χ3n) is 5.39. The number of benzene rings is 3. The maximum Gasteiger partial charge on any atom is 0.272 e. The standard InChI is InChI=1S/C24H21N3O4/c1-13-5-6-18(24-26-20-10-14(2)15(3)11-22(20)31-24)12-19(13)25-23(28)17-7-8-21(27(29)30)16(4)9-17/h5-12H,1-4H3,(H,25,28). The first-order valence-electron chi connectivity index (χ1n) is 9.78. The van der Waals surface area contributed by atoms with Gasteiger partial charge >= 0.3 is 0 Å². The average molecular weight is 415 g/mol. The van der Waals surface area contributed by atoms with Crippen molar-refractivity contribution in [2.75, 3.05) is 5.32 Å². The fourth-order valence-electron chi connectivity index (χ4n) is 3.39. The summed E-state index contributed by atoms with van der Waals surface area (Å²) < 4.78 is 5.94. The van der Waals surface area contributed by atoms with E-state index in [0.717, 1.165) is 27.8 Å². The zero-order valence-corrected chi connectivity index (χ0v) is 17.6. The Labute approximate surface area is 178 Å². The molecule has 4 aromatic rings. The molecule has 0 radical (unpaired) electrons. The molecule has 1 amide bonds. The molecule has 4 rings (SSSR count). The van der Waals surface area contributed by atoms with E-state index in [9.17, 15) is 14.9 Å². The predicted molar refractivity (Wildman–Crippen MR) is 119 cm³/mol. The van der Waals surface area contributed by atoms with Crippen LogP contribution in [0.15, 0.2) is 52.9 Å². The highest BCUT2D eigenvalue weighted by Gasteiger charge is 2.16. The quantitative estimate of drug-likeness (QED) is 0.331. The van der Waals surface area contributed by atoms with Gasteiger partial charge in [-0.3, -0.25) is 14.9 Å². The molecule has 0 bridgehead atoms. The summed E-state index contributed by atoms with van der Waals surface area (Å²) in [4.78, 5) is 27.9. The minimum absolute atomic E-state index is 0.0174. The molecule has 0 aliphatic heterocycles. The van der Waals surface area contributed by atoms with E-state index in [1.807, 2.05) is 51.1 Å². The first kappa shape index (κ1) is 20.3. The predicted octanol–water partition coefficient (Wildman–Crippen LogP) is 5.89. The van der Waals surface area contributed by atoms with Crippen LogP contribution < -0.4 is 5.32 Å². The molecule has 0 saturated heterocycles. The Morgan fingerprint density at radius 1 is 0.935 bits per heavy atom. The van der Waals surface area contributed by atoms with Crippen LogP contribution in [0.1, 0.15) is 32.6 Å². The summed E-state index contributed by atoms with van der Waals surface area (Å²) in [6, 6.07) is 13.9. The molecule has 0 fully saturated rings.